The van der Waals surface area contributed by atoms with Crippen molar-refractivity contribution in [2.45, 2.75) is 31.3 Å². The van der Waals surface area contributed by atoms with E-state index in [2.05, 4.69) is 26.8 Å². The summed E-state index contributed by atoms with van der Waals surface area (Å²) in [7, 11) is 0. The van der Waals surface area contributed by atoms with Crippen LogP contribution in [0.3, 0.4) is 0 Å². The van der Waals surface area contributed by atoms with E-state index in [1.54, 1.807) is 6.07 Å². The Labute approximate surface area is 100 Å². The lowest BCUT2D eigenvalue weighted by Crippen LogP contribution is -2.07. The Morgan fingerprint density at radius 2 is 2.07 bits per heavy atom. The zero-order chi connectivity index (χ0) is 11.5. The van der Waals surface area contributed by atoms with Crippen LogP contribution in [-0.2, 0) is 5.75 Å². The second-order valence-corrected chi connectivity index (χ2v) is 6.53. The number of benzene rings is 1. The van der Waals surface area contributed by atoms with Crippen LogP contribution >= 0.6 is 23.4 Å². The summed E-state index contributed by atoms with van der Waals surface area (Å²) >= 11 is 7.92. The molecule has 0 aliphatic rings. The minimum atomic E-state index is 0.233. The van der Waals surface area contributed by atoms with Gasteiger partial charge in [-0.05, 0) is 17.7 Å². The van der Waals surface area contributed by atoms with Gasteiger partial charge in [-0.15, -0.1) is 0 Å². The molecular weight excluding hydrogens is 226 g/mol. The Morgan fingerprint density at radius 1 is 1.40 bits per heavy atom. The molecule has 0 heterocycles. The van der Waals surface area contributed by atoms with Crippen molar-refractivity contribution in [1.29, 1.82) is 5.26 Å². The molecule has 1 nitrogen and oxygen atoms in total. The van der Waals surface area contributed by atoms with E-state index in [0.29, 0.717) is 10.6 Å². The van der Waals surface area contributed by atoms with Gasteiger partial charge >= 0.3 is 0 Å². The van der Waals surface area contributed by atoms with Crippen LogP contribution in [0.1, 0.15) is 31.9 Å². The lowest BCUT2D eigenvalue weighted by molar-refractivity contribution is 0.802. The monoisotopic (exact) mass is 239 g/mol. The van der Waals surface area contributed by atoms with Crippen molar-refractivity contribution < 1.29 is 0 Å². The highest BCUT2D eigenvalue weighted by molar-refractivity contribution is 7.99. The summed E-state index contributed by atoms with van der Waals surface area (Å²) in [6.07, 6.45) is 0. The minimum absolute atomic E-state index is 0.233. The van der Waals surface area contributed by atoms with Crippen LogP contribution in [0, 0.1) is 11.3 Å². The van der Waals surface area contributed by atoms with Gasteiger partial charge in [-0.1, -0.05) is 38.4 Å². The maximum atomic E-state index is 8.70. The van der Waals surface area contributed by atoms with Crippen LogP contribution in [0.15, 0.2) is 18.2 Å². The van der Waals surface area contributed by atoms with Crippen LogP contribution < -0.4 is 0 Å². The van der Waals surface area contributed by atoms with Crippen molar-refractivity contribution in [2.24, 2.45) is 0 Å². The minimum Gasteiger partial charge on any atom is -0.192 e. The Morgan fingerprint density at radius 3 is 2.53 bits per heavy atom. The van der Waals surface area contributed by atoms with Gasteiger partial charge in [0, 0.05) is 15.5 Å². The third kappa shape index (κ3) is 4.15. The maximum Gasteiger partial charge on any atom is 0.0992 e. The van der Waals surface area contributed by atoms with Gasteiger partial charge in [0.2, 0.25) is 0 Å². The number of nitriles is 1. The molecule has 1 aromatic rings. The van der Waals surface area contributed by atoms with E-state index in [-0.39, 0.29) is 4.75 Å². The van der Waals surface area contributed by atoms with Crippen LogP contribution in [0.2, 0.25) is 5.02 Å². The molecule has 15 heavy (non-hydrogen) atoms. The highest BCUT2D eigenvalue weighted by Gasteiger charge is 2.11. The van der Waals surface area contributed by atoms with Crippen molar-refractivity contribution >= 4 is 23.4 Å². The fourth-order valence-electron chi connectivity index (χ4n) is 1.03. The first-order valence-electron chi connectivity index (χ1n) is 4.75. The van der Waals surface area contributed by atoms with Gasteiger partial charge in [-0.2, -0.15) is 17.0 Å². The zero-order valence-electron chi connectivity index (χ0n) is 9.17. The lowest BCUT2D eigenvalue weighted by Gasteiger charge is -2.17. The SMILES string of the molecule is CC(C)(C)SCc1ccc(C#N)cc1Cl. The molecule has 0 saturated carbocycles. The molecule has 0 atom stereocenters. The first-order valence-corrected chi connectivity index (χ1v) is 6.11. The van der Waals surface area contributed by atoms with Crippen molar-refractivity contribution in [2.75, 3.05) is 0 Å². The van der Waals surface area contributed by atoms with E-state index in [1.165, 1.54) is 0 Å². The Bertz CT molecular complexity index is 388. The van der Waals surface area contributed by atoms with E-state index in [0.717, 1.165) is 11.3 Å². The summed E-state index contributed by atoms with van der Waals surface area (Å²) in [5, 5.41) is 9.38. The Hall–Kier alpha value is -0.650. The molecule has 0 spiro atoms. The molecule has 80 valence electrons. The Balaban J connectivity index is 2.76. The van der Waals surface area contributed by atoms with E-state index in [1.807, 2.05) is 23.9 Å². The van der Waals surface area contributed by atoms with E-state index in [4.69, 9.17) is 16.9 Å². The van der Waals surface area contributed by atoms with Crippen molar-refractivity contribution in [3.05, 3.63) is 34.3 Å². The molecule has 0 N–H and O–H groups in total. The average Bonchev–Trinajstić information content (AvgIpc) is 2.14. The van der Waals surface area contributed by atoms with Gasteiger partial charge in [0.05, 0.1) is 11.6 Å². The molecule has 0 unspecified atom stereocenters. The first kappa shape index (κ1) is 12.4. The van der Waals surface area contributed by atoms with E-state index >= 15 is 0 Å². The normalized spacial score (nSPS) is 11.1. The van der Waals surface area contributed by atoms with Crippen molar-refractivity contribution in [3.8, 4) is 6.07 Å². The number of hydrogen-bond acceptors (Lipinski definition) is 2. The topological polar surface area (TPSA) is 23.8 Å². The smallest absolute Gasteiger partial charge is 0.0992 e. The molecule has 0 aliphatic heterocycles. The molecule has 0 amide bonds. The van der Waals surface area contributed by atoms with Crippen LogP contribution in [0.4, 0.5) is 0 Å². The van der Waals surface area contributed by atoms with Crippen LogP contribution in [-0.4, -0.2) is 4.75 Å². The average molecular weight is 240 g/mol. The summed E-state index contributed by atoms with van der Waals surface area (Å²) in [6, 6.07) is 7.54. The second-order valence-electron chi connectivity index (χ2n) is 4.32. The third-order valence-electron chi connectivity index (χ3n) is 1.84. The third-order valence-corrected chi connectivity index (χ3v) is 3.52. The number of halogens is 1. The number of nitrogens with zero attached hydrogens (tertiary/aromatic N) is 1. The number of rotatable bonds is 2. The summed E-state index contributed by atoms with van der Waals surface area (Å²) in [5.74, 6) is 0.883. The van der Waals surface area contributed by atoms with Gasteiger partial charge in [0.15, 0.2) is 0 Å². The quantitative estimate of drug-likeness (QED) is 0.771. The second kappa shape index (κ2) is 4.92. The standard InChI is InChI=1S/C12H14ClNS/c1-12(2,3)15-8-10-5-4-9(7-14)6-11(10)13/h4-6H,8H2,1-3H3. The molecule has 0 radical (unpaired) electrons. The molecule has 3 heteroatoms. The highest BCUT2D eigenvalue weighted by Crippen LogP contribution is 2.30. The number of thioether (sulfide) groups is 1. The molecule has 0 bridgehead atoms. The van der Waals surface area contributed by atoms with Gasteiger partial charge in [-0.3, -0.25) is 0 Å². The van der Waals surface area contributed by atoms with Crippen LogP contribution in [0.25, 0.3) is 0 Å². The summed E-state index contributed by atoms with van der Waals surface area (Å²) in [6.45, 7) is 6.53. The largest absolute Gasteiger partial charge is 0.192 e. The predicted octanol–water partition coefficient (Wildman–Crippen LogP) is 4.24. The molecule has 1 rings (SSSR count). The predicted molar refractivity (Wildman–Crippen MR) is 67.2 cm³/mol. The molecule has 1 aromatic carbocycles. The fourth-order valence-corrected chi connectivity index (χ4v) is 2.20. The van der Waals surface area contributed by atoms with Crippen LogP contribution in [0.5, 0.6) is 0 Å². The molecule has 0 aromatic heterocycles. The highest BCUT2D eigenvalue weighted by atomic mass is 35.5. The Kier molecular flexibility index (Phi) is 4.07. The van der Waals surface area contributed by atoms with Crippen molar-refractivity contribution in [1.82, 2.24) is 0 Å². The molecular formula is C12H14ClNS. The molecule has 0 fully saturated rings. The molecule has 0 aliphatic carbocycles. The fraction of sp³-hybridized carbons (Fsp3) is 0.417. The maximum absolute atomic E-state index is 8.70. The number of hydrogen-bond donors (Lipinski definition) is 0. The first-order chi connectivity index (χ1) is 6.92. The van der Waals surface area contributed by atoms with Gasteiger partial charge in [-0.25, -0.2) is 0 Å². The lowest BCUT2D eigenvalue weighted by atomic mass is 10.2. The summed E-state index contributed by atoms with van der Waals surface area (Å²) in [4.78, 5) is 0. The van der Waals surface area contributed by atoms with Gasteiger partial charge in [0.1, 0.15) is 0 Å². The van der Waals surface area contributed by atoms with Gasteiger partial charge < -0.3 is 0 Å². The van der Waals surface area contributed by atoms with Crippen molar-refractivity contribution in [3.63, 3.8) is 0 Å². The zero-order valence-corrected chi connectivity index (χ0v) is 10.7. The molecule has 0 saturated heterocycles. The van der Waals surface area contributed by atoms with E-state index in [9.17, 15) is 0 Å². The van der Waals surface area contributed by atoms with Gasteiger partial charge in [0.25, 0.3) is 0 Å². The summed E-state index contributed by atoms with van der Waals surface area (Å²) in [5.41, 5.74) is 1.71. The summed E-state index contributed by atoms with van der Waals surface area (Å²) < 4.78 is 0.233. The van der Waals surface area contributed by atoms with E-state index < -0.39 is 0 Å².